The number of nitrogens with zero attached hydrogens (tertiary/aromatic N) is 1. The molecule has 0 unspecified atom stereocenters. The number of amides is 1. The Kier molecular flexibility index (Phi) is 4.66. The van der Waals surface area contributed by atoms with Gasteiger partial charge in [0.25, 0.3) is 5.91 Å². The summed E-state index contributed by atoms with van der Waals surface area (Å²) in [7, 11) is 0. The van der Waals surface area contributed by atoms with Crippen LogP contribution in [0, 0.1) is 11.3 Å². The van der Waals surface area contributed by atoms with Crippen LogP contribution in [-0.2, 0) is 0 Å². The van der Waals surface area contributed by atoms with E-state index < -0.39 is 0 Å². The number of hydrogen-bond donors (Lipinski definition) is 1. The number of carbonyl (C=O) groups is 1. The van der Waals surface area contributed by atoms with Crippen LogP contribution >= 0.6 is 11.8 Å². The highest BCUT2D eigenvalue weighted by atomic mass is 32.2. The predicted octanol–water partition coefficient (Wildman–Crippen LogP) is 2.97. The number of hydrogen-bond acceptors (Lipinski definition) is 3. The van der Waals surface area contributed by atoms with Crippen LogP contribution < -0.4 is 5.32 Å². The van der Waals surface area contributed by atoms with Crippen molar-refractivity contribution in [3.8, 4) is 6.07 Å². The molecule has 4 heteroatoms. The van der Waals surface area contributed by atoms with Gasteiger partial charge in [-0.3, -0.25) is 4.79 Å². The lowest BCUT2D eigenvalue weighted by molar-refractivity contribution is 0.0958. The Balaban J connectivity index is 1.92. The molecule has 0 spiro atoms. The van der Waals surface area contributed by atoms with E-state index in [9.17, 15) is 4.79 Å². The van der Waals surface area contributed by atoms with E-state index in [0.29, 0.717) is 5.56 Å². The molecule has 2 rings (SSSR count). The van der Waals surface area contributed by atoms with Gasteiger partial charge in [-0.2, -0.15) is 5.26 Å². The molecular formula is C14H16N2OS. The highest BCUT2D eigenvalue weighted by Gasteiger charge is 2.16. The lowest BCUT2D eigenvalue weighted by Gasteiger charge is -2.09. The van der Waals surface area contributed by atoms with Crippen molar-refractivity contribution in [2.24, 2.45) is 0 Å². The Morgan fingerprint density at radius 2 is 2.00 bits per heavy atom. The third-order valence-corrected chi connectivity index (χ3v) is 4.40. The number of rotatable bonds is 4. The summed E-state index contributed by atoms with van der Waals surface area (Å²) in [6, 6.07) is 9.52. The van der Waals surface area contributed by atoms with E-state index >= 15 is 0 Å². The van der Waals surface area contributed by atoms with Crippen molar-refractivity contribution in [1.29, 1.82) is 5.26 Å². The fraction of sp³-hybridized carbons (Fsp3) is 0.429. The van der Waals surface area contributed by atoms with Gasteiger partial charge in [-0.25, -0.2) is 0 Å². The van der Waals surface area contributed by atoms with E-state index in [1.54, 1.807) is 0 Å². The first-order chi connectivity index (χ1) is 8.79. The van der Waals surface area contributed by atoms with Crippen molar-refractivity contribution in [2.75, 3.05) is 6.54 Å². The summed E-state index contributed by atoms with van der Waals surface area (Å²) in [5.74, 6) is -0.186. The molecule has 1 aliphatic rings. The van der Waals surface area contributed by atoms with Gasteiger partial charge in [-0.05, 0) is 37.1 Å². The van der Waals surface area contributed by atoms with Crippen molar-refractivity contribution in [3.63, 3.8) is 0 Å². The highest BCUT2D eigenvalue weighted by molar-refractivity contribution is 8.00. The molecule has 1 fully saturated rings. The Morgan fingerprint density at radius 1 is 1.33 bits per heavy atom. The van der Waals surface area contributed by atoms with E-state index in [-0.39, 0.29) is 12.5 Å². The average Bonchev–Trinajstić information content (AvgIpc) is 2.89. The summed E-state index contributed by atoms with van der Waals surface area (Å²) < 4.78 is 0. The number of carbonyl (C=O) groups excluding carboxylic acids is 1. The number of nitriles is 1. The van der Waals surface area contributed by atoms with Crippen molar-refractivity contribution in [3.05, 3.63) is 29.8 Å². The van der Waals surface area contributed by atoms with Crippen LogP contribution in [0.15, 0.2) is 29.2 Å². The van der Waals surface area contributed by atoms with E-state index in [2.05, 4.69) is 5.32 Å². The molecule has 3 nitrogen and oxygen atoms in total. The molecule has 1 saturated carbocycles. The molecule has 0 heterocycles. The van der Waals surface area contributed by atoms with Gasteiger partial charge in [0.05, 0.1) is 6.07 Å². The largest absolute Gasteiger partial charge is 0.339 e. The standard InChI is InChI=1S/C14H16N2OS/c15-9-10-16-14(17)11-5-7-13(8-6-11)18-12-3-1-2-4-12/h5-8,12H,1-4,10H2,(H,16,17). The minimum absolute atomic E-state index is 0.0530. The second-order valence-corrected chi connectivity index (χ2v) is 5.76. The van der Waals surface area contributed by atoms with E-state index in [1.807, 2.05) is 42.1 Å². The SMILES string of the molecule is N#CCNC(=O)c1ccc(SC2CCCC2)cc1. The van der Waals surface area contributed by atoms with Gasteiger partial charge >= 0.3 is 0 Å². The normalized spacial score (nSPS) is 15.3. The zero-order valence-electron chi connectivity index (χ0n) is 10.2. The Morgan fingerprint density at radius 3 is 2.61 bits per heavy atom. The average molecular weight is 260 g/mol. The first-order valence-electron chi connectivity index (χ1n) is 6.21. The lowest BCUT2D eigenvalue weighted by atomic mass is 10.2. The molecular weight excluding hydrogens is 244 g/mol. The minimum atomic E-state index is -0.186. The fourth-order valence-electron chi connectivity index (χ4n) is 2.11. The van der Waals surface area contributed by atoms with Crippen LogP contribution in [0.4, 0.5) is 0 Å². The summed E-state index contributed by atoms with van der Waals surface area (Å²) in [6.45, 7) is 0.0530. The Hall–Kier alpha value is -1.47. The van der Waals surface area contributed by atoms with Crippen LogP contribution in [0.1, 0.15) is 36.0 Å². The first-order valence-corrected chi connectivity index (χ1v) is 7.09. The van der Waals surface area contributed by atoms with Gasteiger partial charge in [0.1, 0.15) is 6.54 Å². The maximum atomic E-state index is 11.6. The highest BCUT2D eigenvalue weighted by Crippen LogP contribution is 2.34. The second-order valence-electron chi connectivity index (χ2n) is 4.39. The molecule has 0 aromatic heterocycles. The molecule has 0 atom stereocenters. The Labute approximate surface area is 112 Å². The van der Waals surface area contributed by atoms with Crippen LogP contribution in [0.25, 0.3) is 0 Å². The summed E-state index contributed by atoms with van der Waals surface area (Å²) in [4.78, 5) is 12.8. The van der Waals surface area contributed by atoms with Gasteiger partial charge in [0, 0.05) is 15.7 Å². The van der Waals surface area contributed by atoms with E-state index in [4.69, 9.17) is 5.26 Å². The van der Waals surface area contributed by atoms with Crippen LogP contribution in [0.5, 0.6) is 0 Å². The predicted molar refractivity (Wildman–Crippen MR) is 72.5 cm³/mol. The second kappa shape index (κ2) is 6.46. The van der Waals surface area contributed by atoms with Gasteiger partial charge in [-0.15, -0.1) is 11.8 Å². The summed E-state index contributed by atoms with van der Waals surface area (Å²) >= 11 is 1.91. The molecule has 0 aliphatic heterocycles. The molecule has 1 aromatic carbocycles. The molecule has 1 aliphatic carbocycles. The third-order valence-electron chi connectivity index (χ3n) is 3.05. The molecule has 18 heavy (non-hydrogen) atoms. The minimum Gasteiger partial charge on any atom is -0.339 e. The molecule has 0 saturated heterocycles. The fourth-order valence-corrected chi connectivity index (χ4v) is 3.35. The van der Waals surface area contributed by atoms with Gasteiger partial charge in [-0.1, -0.05) is 12.8 Å². The maximum Gasteiger partial charge on any atom is 0.252 e. The summed E-state index contributed by atoms with van der Waals surface area (Å²) in [5.41, 5.74) is 0.612. The molecule has 1 N–H and O–H groups in total. The van der Waals surface area contributed by atoms with Crippen molar-refractivity contribution < 1.29 is 4.79 Å². The van der Waals surface area contributed by atoms with Crippen molar-refractivity contribution >= 4 is 17.7 Å². The molecule has 94 valence electrons. The van der Waals surface area contributed by atoms with Gasteiger partial charge < -0.3 is 5.32 Å². The van der Waals surface area contributed by atoms with Crippen LogP contribution in [0.2, 0.25) is 0 Å². The zero-order chi connectivity index (χ0) is 12.8. The molecule has 0 bridgehead atoms. The summed E-state index contributed by atoms with van der Waals surface area (Å²) in [5, 5.41) is 11.7. The van der Waals surface area contributed by atoms with Crippen LogP contribution in [-0.4, -0.2) is 17.7 Å². The van der Waals surface area contributed by atoms with Gasteiger partial charge in [0.15, 0.2) is 0 Å². The monoisotopic (exact) mass is 260 g/mol. The number of benzene rings is 1. The quantitative estimate of drug-likeness (QED) is 0.847. The number of thioether (sulfide) groups is 1. The van der Waals surface area contributed by atoms with Crippen molar-refractivity contribution in [2.45, 2.75) is 35.8 Å². The number of nitrogens with one attached hydrogen (secondary N) is 1. The summed E-state index contributed by atoms with van der Waals surface area (Å²) in [6.07, 6.45) is 5.28. The van der Waals surface area contributed by atoms with Crippen LogP contribution in [0.3, 0.4) is 0 Å². The lowest BCUT2D eigenvalue weighted by Crippen LogP contribution is -2.23. The maximum absolute atomic E-state index is 11.6. The van der Waals surface area contributed by atoms with E-state index in [1.165, 1.54) is 30.6 Å². The van der Waals surface area contributed by atoms with Crippen molar-refractivity contribution in [1.82, 2.24) is 5.32 Å². The topological polar surface area (TPSA) is 52.9 Å². The van der Waals surface area contributed by atoms with E-state index in [0.717, 1.165) is 5.25 Å². The molecule has 1 aromatic rings. The zero-order valence-corrected chi connectivity index (χ0v) is 11.0. The Bertz CT molecular complexity index is 444. The molecule has 0 radical (unpaired) electrons. The molecule has 1 amide bonds. The smallest absolute Gasteiger partial charge is 0.252 e. The van der Waals surface area contributed by atoms with Gasteiger partial charge in [0.2, 0.25) is 0 Å². The first kappa shape index (κ1) is 13.0. The third kappa shape index (κ3) is 3.51.